The first kappa shape index (κ1) is 9.48. The molecule has 0 aliphatic rings. The lowest BCUT2D eigenvalue weighted by atomic mass is 10.3. The zero-order chi connectivity index (χ0) is 9.30. The molecule has 0 radical (unpaired) electrons. The molecule has 3 nitrogen and oxygen atoms in total. The Morgan fingerprint density at radius 2 is 2.33 bits per heavy atom. The Balaban J connectivity index is 3.31. The van der Waals surface area contributed by atoms with E-state index in [4.69, 9.17) is 23.2 Å². The van der Waals surface area contributed by atoms with E-state index in [2.05, 4.69) is 5.10 Å². The third kappa shape index (κ3) is 1.44. The van der Waals surface area contributed by atoms with Crippen molar-refractivity contribution >= 4 is 28.4 Å². The quantitative estimate of drug-likeness (QED) is 0.700. The number of aryl methyl sites for hydroxylation is 1. The Hall–Kier alpha value is -0.610. The van der Waals surface area contributed by atoms with Crippen molar-refractivity contribution in [1.29, 1.82) is 0 Å². The van der Waals surface area contributed by atoms with Crippen LogP contribution in [-0.2, 0) is 13.7 Å². The number of carbonyl (C=O) groups excluding carboxylic acids is 1. The van der Waals surface area contributed by atoms with Crippen LogP contribution in [0.1, 0.15) is 16.1 Å². The summed E-state index contributed by atoms with van der Waals surface area (Å²) in [6.07, 6.45) is 0. The van der Waals surface area contributed by atoms with E-state index in [1.54, 1.807) is 0 Å². The van der Waals surface area contributed by atoms with E-state index in [0.29, 0.717) is 0 Å². The van der Waals surface area contributed by atoms with Gasteiger partial charge in [-0.2, -0.15) is 5.10 Å². The molecular weight excluding hydrogens is 206 g/mol. The van der Waals surface area contributed by atoms with E-state index in [-0.39, 0.29) is 16.4 Å². The van der Waals surface area contributed by atoms with Gasteiger partial charge in [0.2, 0.25) is 0 Å². The van der Waals surface area contributed by atoms with Gasteiger partial charge in [0.15, 0.2) is 0 Å². The highest BCUT2D eigenvalue weighted by molar-refractivity contribution is 6.68. The minimum absolute atomic E-state index is 0.0255. The summed E-state index contributed by atoms with van der Waals surface area (Å²) in [4.78, 5) is 10.7. The highest BCUT2D eigenvalue weighted by Gasteiger charge is 2.19. The number of nitrogens with zero attached hydrogens (tertiary/aromatic N) is 2. The molecule has 1 aromatic rings. The fraction of sp³-hybridized carbons (Fsp3) is 0.333. The van der Waals surface area contributed by atoms with E-state index in [1.807, 2.05) is 0 Å². The van der Waals surface area contributed by atoms with Crippen LogP contribution in [0.25, 0.3) is 0 Å². The average molecular weight is 211 g/mol. The fourth-order valence-corrected chi connectivity index (χ4v) is 1.32. The van der Waals surface area contributed by atoms with E-state index >= 15 is 0 Å². The minimum Gasteiger partial charge on any atom is -0.275 e. The van der Waals surface area contributed by atoms with Crippen molar-refractivity contribution in [3.05, 3.63) is 16.4 Å². The second-order valence-electron chi connectivity index (χ2n) is 2.14. The summed E-state index contributed by atoms with van der Waals surface area (Å²) >= 11 is 10.8. The summed E-state index contributed by atoms with van der Waals surface area (Å²) in [7, 11) is 1.50. The lowest BCUT2D eigenvalue weighted by Crippen LogP contribution is -1.92. The third-order valence-corrected chi connectivity index (χ3v) is 2.00. The van der Waals surface area contributed by atoms with Crippen molar-refractivity contribution in [1.82, 2.24) is 9.78 Å². The topological polar surface area (TPSA) is 34.9 Å². The van der Waals surface area contributed by atoms with Crippen LogP contribution >= 0.6 is 23.2 Å². The SMILES string of the molecule is Cn1nc(CF)c(C(=O)Cl)c1Cl. The summed E-state index contributed by atoms with van der Waals surface area (Å²) in [6, 6.07) is 0. The van der Waals surface area contributed by atoms with Gasteiger partial charge in [-0.25, -0.2) is 4.39 Å². The van der Waals surface area contributed by atoms with Gasteiger partial charge in [-0.1, -0.05) is 11.6 Å². The van der Waals surface area contributed by atoms with Crippen LogP contribution < -0.4 is 0 Å². The Morgan fingerprint density at radius 3 is 2.67 bits per heavy atom. The van der Waals surface area contributed by atoms with Crippen molar-refractivity contribution in [2.75, 3.05) is 0 Å². The Kier molecular flexibility index (Phi) is 2.69. The molecule has 1 rings (SSSR count). The molecule has 0 unspecified atom stereocenters. The second kappa shape index (κ2) is 3.41. The van der Waals surface area contributed by atoms with Gasteiger partial charge < -0.3 is 0 Å². The zero-order valence-corrected chi connectivity index (χ0v) is 7.66. The van der Waals surface area contributed by atoms with Gasteiger partial charge in [-0.05, 0) is 11.6 Å². The van der Waals surface area contributed by atoms with Gasteiger partial charge in [0.1, 0.15) is 17.5 Å². The van der Waals surface area contributed by atoms with Crippen LogP contribution in [0.4, 0.5) is 4.39 Å². The van der Waals surface area contributed by atoms with Gasteiger partial charge >= 0.3 is 0 Å². The highest BCUT2D eigenvalue weighted by atomic mass is 35.5. The van der Waals surface area contributed by atoms with Crippen LogP contribution in [0.3, 0.4) is 0 Å². The maximum Gasteiger partial charge on any atom is 0.257 e. The zero-order valence-electron chi connectivity index (χ0n) is 6.14. The first-order valence-electron chi connectivity index (χ1n) is 3.05. The molecule has 0 saturated carbocycles. The number of rotatable bonds is 2. The monoisotopic (exact) mass is 210 g/mol. The molecule has 0 aromatic carbocycles. The van der Waals surface area contributed by atoms with Crippen LogP contribution in [0.15, 0.2) is 0 Å². The van der Waals surface area contributed by atoms with Crippen LogP contribution in [-0.4, -0.2) is 15.0 Å². The molecule has 6 heteroatoms. The fourth-order valence-electron chi connectivity index (χ4n) is 0.844. The number of halogens is 3. The lowest BCUT2D eigenvalue weighted by molar-refractivity contribution is 0.108. The van der Waals surface area contributed by atoms with Gasteiger partial charge in [0, 0.05) is 7.05 Å². The predicted octanol–water partition coefficient (Wildman–Crippen LogP) is 1.92. The number of hydrogen-bond acceptors (Lipinski definition) is 2. The van der Waals surface area contributed by atoms with Crippen molar-refractivity contribution < 1.29 is 9.18 Å². The van der Waals surface area contributed by atoms with Crippen LogP contribution in [0.5, 0.6) is 0 Å². The molecule has 0 aliphatic heterocycles. The van der Waals surface area contributed by atoms with Crippen molar-refractivity contribution in [2.45, 2.75) is 6.67 Å². The molecule has 0 atom stereocenters. The molecule has 1 aromatic heterocycles. The molecule has 0 aliphatic carbocycles. The maximum absolute atomic E-state index is 12.2. The Morgan fingerprint density at radius 1 is 1.75 bits per heavy atom. The molecular formula is C6H5Cl2FN2O. The normalized spacial score (nSPS) is 10.3. The first-order chi connectivity index (χ1) is 5.57. The highest BCUT2D eigenvalue weighted by Crippen LogP contribution is 2.21. The standard InChI is InChI=1S/C6H5Cl2FN2O/c1-11-5(7)4(6(8)12)3(2-9)10-11/h2H2,1H3. The smallest absolute Gasteiger partial charge is 0.257 e. The molecule has 0 fully saturated rings. The summed E-state index contributed by atoms with van der Waals surface area (Å²) in [6.45, 7) is -0.853. The van der Waals surface area contributed by atoms with Gasteiger partial charge in [0.25, 0.3) is 5.24 Å². The van der Waals surface area contributed by atoms with E-state index in [1.165, 1.54) is 11.7 Å². The van der Waals surface area contributed by atoms with E-state index in [0.717, 1.165) is 0 Å². The molecule has 12 heavy (non-hydrogen) atoms. The minimum atomic E-state index is -0.853. The number of alkyl halides is 1. The summed E-state index contributed by atoms with van der Waals surface area (Å²) in [5.74, 6) is 0. The predicted molar refractivity (Wildman–Crippen MR) is 43.2 cm³/mol. The summed E-state index contributed by atoms with van der Waals surface area (Å²) in [5, 5.41) is 2.92. The Labute approximate surface area is 78.1 Å². The third-order valence-electron chi connectivity index (χ3n) is 1.37. The molecule has 0 N–H and O–H groups in total. The molecule has 1 heterocycles. The summed E-state index contributed by atoms with van der Waals surface area (Å²) < 4.78 is 13.4. The van der Waals surface area contributed by atoms with Crippen molar-refractivity contribution in [3.8, 4) is 0 Å². The number of carbonyl (C=O) groups is 1. The number of aromatic nitrogens is 2. The van der Waals surface area contributed by atoms with Gasteiger partial charge in [0.05, 0.1) is 5.56 Å². The van der Waals surface area contributed by atoms with E-state index in [9.17, 15) is 9.18 Å². The van der Waals surface area contributed by atoms with Gasteiger partial charge in [-0.15, -0.1) is 0 Å². The van der Waals surface area contributed by atoms with Crippen LogP contribution in [0, 0.1) is 0 Å². The largest absolute Gasteiger partial charge is 0.275 e. The maximum atomic E-state index is 12.2. The Bertz CT molecular complexity index is 324. The van der Waals surface area contributed by atoms with Crippen molar-refractivity contribution in [3.63, 3.8) is 0 Å². The first-order valence-corrected chi connectivity index (χ1v) is 3.80. The lowest BCUT2D eigenvalue weighted by Gasteiger charge is -1.90. The molecule has 0 bridgehead atoms. The van der Waals surface area contributed by atoms with Gasteiger partial charge in [-0.3, -0.25) is 9.48 Å². The average Bonchev–Trinajstić information content (AvgIpc) is 2.28. The molecule has 0 spiro atoms. The number of hydrogen-bond donors (Lipinski definition) is 0. The van der Waals surface area contributed by atoms with Crippen LogP contribution in [0.2, 0.25) is 5.15 Å². The summed E-state index contributed by atoms with van der Waals surface area (Å²) in [5.41, 5.74) is -0.0779. The molecule has 0 saturated heterocycles. The van der Waals surface area contributed by atoms with E-state index < -0.39 is 11.9 Å². The molecule has 66 valence electrons. The second-order valence-corrected chi connectivity index (χ2v) is 2.84. The molecule has 0 amide bonds. The van der Waals surface area contributed by atoms with Crippen molar-refractivity contribution in [2.24, 2.45) is 7.05 Å².